The normalized spacial score (nSPS) is 12.3. The Labute approximate surface area is 176 Å². The summed E-state index contributed by atoms with van der Waals surface area (Å²) < 4.78 is 55.2. The zero-order chi connectivity index (χ0) is 23.3. The van der Waals surface area contributed by atoms with Crippen LogP contribution < -0.4 is 10.1 Å². The molecule has 1 N–H and O–H groups in total. The van der Waals surface area contributed by atoms with E-state index in [2.05, 4.69) is 20.0 Å². The molecule has 0 aliphatic carbocycles. The van der Waals surface area contributed by atoms with Crippen molar-refractivity contribution in [3.05, 3.63) is 47.0 Å². The van der Waals surface area contributed by atoms with Gasteiger partial charge in [-0.05, 0) is 37.6 Å². The third-order valence-electron chi connectivity index (χ3n) is 4.37. The number of pyridine rings is 2. The summed E-state index contributed by atoms with van der Waals surface area (Å²) in [7, 11) is 1.49. The Balaban J connectivity index is 2.19. The standard InChI is InChI=1S/C20H22F4N4O3/c1-5-17(29)27-16-8-13(6-11(2)26-16)19(30)28(4)12(3)14-7-15(21)18(25-9-14)31-10-20(22,23)24/h6-9,12H,5,10H2,1-4H3,(H,26,27,29). The summed E-state index contributed by atoms with van der Waals surface area (Å²) in [5, 5.41) is 2.59. The van der Waals surface area contributed by atoms with Gasteiger partial charge in [0.25, 0.3) is 11.8 Å². The largest absolute Gasteiger partial charge is 0.466 e. The maximum atomic E-state index is 14.1. The van der Waals surface area contributed by atoms with Gasteiger partial charge in [0.05, 0.1) is 6.04 Å². The van der Waals surface area contributed by atoms with Gasteiger partial charge >= 0.3 is 6.18 Å². The summed E-state index contributed by atoms with van der Waals surface area (Å²) in [5.41, 5.74) is 1.03. The van der Waals surface area contributed by atoms with E-state index in [0.29, 0.717) is 5.69 Å². The van der Waals surface area contributed by atoms with Crippen molar-refractivity contribution >= 4 is 17.6 Å². The molecule has 0 radical (unpaired) electrons. The molecule has 0 saturated heterocycles. The first-order valence-electron chi connectivity index (χ1n) is 9.32. The molecule has 0 aliphatic rings. The van der Waals surface area contributed by atoms with Crippen molar-refractivity contribution in [2.75, 3.05) is 19.0 Å². The lowest BCUT2D eigenvalue weighted by atomic mass is 10.1. The van der Waals surface area contributed by atoms with E-state index in [1.165, 1.54) is 18.0 Å². The Morgan fingerprint density at radius 3 is 2.52 bits per heavy atom. The molecule has 11 heteroatoms. The van der Waals surface area contributed by atoms with Crippen molar-refractivity contribution in [1.82, 2.24) is 14.9 Å². The van der Waals surface area contributed by atoms with Crippen molar-refractivity contribution in [3.8, 4) is 5.88 Å². The average molecular weight is 442 g/mol. The molecule has 0 bridgehead atoms. The summed E-state index contributed by atoms with van der Waals surface area (Å²) in [5.74, 6) is -2.30. The van der Waals surface area contributed by atoms with Crippen molar-refractivity contribution in [1.29, 1.82) is 0 Å². The van der Waals surface area contributed by atoms with Gasteiger partial charge in [-0.1, -0.05) is 6.92 Å². The third kappa shape index (κ3) is 6.63. The smallest absolute Gasteiger partial charge is 0.422 e. The highest BCUT2D eigenvalue weighted by Gasteiger charge is 2.29. The molecule has 0 aromatic carbocycles. The number of halogens is 4. The van der Waals surface area contributed by atoms with Crippen LogP contribution in [0.4, 0.5) is 23.4 Å². The maximum Gasteiger partial charge on any atom is 0.422 e. The lowest BCUT2D eigenvalue weighted by molar-refractivity contribution is -0.154. The highest BCUT2D eigenvalue weighted by molar-refractivity contribution is 5.96. The van der Waals surface area contributed by atoms with Crippen LogP contribution in [-0.2, 0) is 4.79 Å². The molecule has 1 unspecified atom stereocenters. The van der Waals surface area contributed by atoms with Crippen LogP contribution in [0.5, 0.6) is 5.88 Å². The van der Waals surface area contributed by atoms with Crippen molar-refractivity contribution in [2.24, 2.45) is 0 Å². The zero-order valence-electron chi connectivity index (χ0n) is 17.4. The van der Waals surface area contributed by atoms with E-state index in [9.17, 15) is 27.2 Å². The van der Waals surface area contributed by atoms with Crippen LogP contribution in [0.3, 0.4) is 0 Å². The van der Waals surface area contributed by atoms with Gasteiger partial charge in [-0.15, -0.1) is 0 Å². The number of nitrogens with zero attached hydrogens (tertiary/aromatic N) is 3. The molecule has 1 atom stereocenters. The molecule has 2 rings (SSSR count). The van der Waals surface area contributed by atoms with Gasteiger partial charge < -0.3 is 15.0 Å². The van der Waals surface area contributed by atoms with Crippen LogP contribution in [0, 0.1) is 12.7 Å². The first-order valence-corrected chi connectivity index (χ1v) is 9.32. The van der Waals surface area contributed by atoms with Gasteiger partial charge in [0.1, 0.15) is 5.82 Å². The number of ether oxygens (including phenoxy) is 1. The summed E-state index contributed by atoms with van der Waals surface area (Å²) in [6.45, 7) is 3.29. The summed E-state index contributed by atoms with van der Waals surface area (Å²) in [6, 6.07) is 3.28. The number of anilines is 1. The van der Waals surface area contributed by atoms with Crippen LogP contribution in [0.25, 0.3) is 0 Å². The second-order valence-corrected chi connectivity index (χ2v) is 6.84. The highest BCUT2D eigenvalue weighted by atomic mass is 19.4. The van der Waals surface area contributed by atoms with Crippen LogP contribution >= 0.6 is 0 Å². The Bertz CT molecular complexity index is 966. The first kappa shape index (κ1) is 24.0. The van der Waals surface area contributed by atoms with E-state index in [1.807, 2.05) is 0 Å². The Morgan fingerprint density at radius 1 is 1.26 bits per heavy atom. The van der Waals surface area contributed by atoms with E-state index in [0.717, 1.165) is 12.3 Å². The second-order valence-electron chi connectivity index (χ2n) is 6.84. The zero-order valence-corrected chi connectivity index (χ0v) is 17.4. The van der Waals surface area contributed by atoms with Gasteiger partial charge in [0.15, 0.2) is 12.4 Å². The Hall–Kier alpha value is -3.24. The molecule has 2 aromatic rings. The fourth-order valence-corrected chi connectivity index (χ4v) is 2.62. The second kappa shape index (κ2) is 9.71. The first-order chi connectivity index (χ1) is 14.4. The minimum atomic E-state index is -4.62. The van der Waals surface area contributed by atoms with Crippen LogP contribution in [0.2, 0.25) is 0 Å². The molecule has 2 amide bonds. The van der Waals surface area contributed by atoms with Gasteiger partial charge in [0.2, 0.25) is 5.91 Å². The molecule has 2 heterocycles. The number of hydrogen-bond donors (Lipinski definition) is 1. The van der Waals surface area contributed by atoms with Crippen LogP contribution in [0.1, 0.15) is 47.9 Å². The number of carbonyl (C=O) groups excluding carboxylic acids is 2. The molecule has 0 fully saturated rings. The van der Waals surface area contributed by atoms with E-state index in [4.69, 9.17) is 0 Å². The van der Waals surface area contributed by atoms with E-state index in [-0.39, 0.29) is 29.3 Å². The van der Waals surface area contributed by atoms with Gasteiger partial charge in [-0.25, -0.2) is 14.4 Å². The Morgan fingerprint density at radius 2 is 1.94 bits per heavy atom. The van der Waals surface area contributed by atoms with E-state index in [1.54, 1.807) is 26.8 Å². The van der Waals surface area contributed by atoms with Gasteiger partial charge in [0, 0.05) is 30.9 Å². The minimum Gasteiger partial charge on any atom is -0.466 e. The number of nitrogens with one attached hydrogen (secondary N) is 1. The van der Waals surface area contributed by atoms with Crippen molar-refractivity contribution in [3.63, 3.8) is 0 Å². The Kier molecular flexibility index (Phi) is 7.53. The molecular formula is C20H22F4N4O3. The third-order valence-corrected chi connectivity index (χ3v) is 4.37. The lowest BCUT2D eigenvalue weighted by Crippen LogP contribution is -2.30. The SMILES string of the molecule is CCC(=O)Nc1cc(C(=O)N(C)C(C)c2cnc(OCC(F)(F)F)c(F)c2)cc(C)n1. The van der Waals surface area contributed by atoms with Gasteiger partial charge in [-0.2, -0.15) is 13.2 Å². The number of hydrogen-bond acceptors (Lipinski definition) is 5. The quantitative estimate of drug-likeness (QED) is 0.654. The molecule has 0 spiro atoms. The number of rotatable bonds is 7. The molecule has 168 valence electrons. The van der Waals surface area contributed by atoms with Crippen LogP contribution in [0.15, 0.2) is 24.4 Å². The molecular weight excluding hydrogens is 420 g/mol. The number of carbonyl (C=O) groups is 2. The fourth-order valence-electron chi connectivity index (χ4n) is 2.62. The molecule has 31 heavy (non-hydrogen) atoms. The van der Waals surface area contributed by atoms with E-state index < -0.39 is 36.4 Å². The summed E-state index contributed by atoms with van der Waals surface area (Å²) in [4.78, 5) is 33.6. The average Bonchev–Trinajstić information content (AvgIpc) is 2.69. The lowest BCUT2D eigenvalue weighted by Gasteiger charge is -2.25. The predicted molar refractivity (Wildman–Crippen MR) is 104 cm³/mol. The van der Waals surface area contributed by atoms with Crippen molar-refractivity contribution in [2.45, 2.75) is 39.4 Å². The molecule has 0 aliphatic heterocycles. The number of aromatic nitrogens is 2. The summed E-state index contributed by atoms with van der Waals surface area (Å²) in [6.07, 6.45) is -3.23. The van der Waals surface area contributed by atoms with Crippen LogP contribution in [-0.4, -0.2) is 46.5 Å². The summed E-state index contributed by atoms with van der Waals surface area (Å²) >= 11 is 0. The maximum absolute atomic E-state index is 14.1. The molecule has 2 aromatic heterocycles. The number of aryl methyl sites for hydroxylation is 1. The fraction of sp³-hybridized carbons (Fsp3) is 0.400. The van der Waals surface area contributed by atoms with E-state index >= 15 is 0 Å². The number of amides is 2. The monoisotopic (exact) mass is 442 g/mol. The highest BCUT2D eigenvalue weighted by Crippen LogP contribution is 2.25. The minimum absolute atomic E-state index is 0.232. The number of alkyl halides is 3. The predicted octanol–water partition coefficient (Wildman–Crippen LogP) is 4.05. The topological polar surface area (TPSA) is 84.4 Å². The van der Waals surface area contributed by atoms with Crippen molar-refractivity contribution < 1.29 is 31.9 Å². The molecule has 7 nitrogen and oxygen atoms in total. The molecule has 0 saturated carbocycles. The van der Waals surface area contributed by atoms with Gasteiger partial charge in [-0.3, -0.25) is 9.59 Å².